The SMILES string of the molecule is CCN1CCN(c2nccc(C(=O)NCc3ccccc3)n2)CC1. The van der Waals surface area contributed by atoms with Gasteiger partial charge in [0.15, 0.2) is 0 Å². The molecule has 0 atom stereocenters. The van der Waals surface area contributed by atoms with Crippen molar-refractivity contribution in [3.63, 3.8) is 0 Å². The van der Waals surface area contributed by atoms with Gasteiger partial charge in [0.2, 0.25) is 5.95 Å². The van der Waals surface area contributed by atoms with Crippen molar-refractivity contribution < 1.29 is 4.79 Å². The lowest BCUT2D eigenvalue weighted by atomic mass is 10.2. The fourth-order valence-corrected chi connectivity index (χ4v) is 2.76. The zero-order valence-corrected chi connectivity index (χ0v) is 14.0. The third kappa shape index (κ3) is 4.08. The molecule has 1 aliphatic heterocycles. The average Bonchev–Trinajstić information content (AvgIpc) is 2.67. The van der Waals surface area contributed by atoms with Crippen LogP contribution < -0.4 is 10.2 Å². The molecule has 0 spiro atoms. The Bertz CT molecular complexity index is 668. The van der Waals surface area contributed by atoms with Crippen LogP contribution in [0.4, 0.5) is 5.95 Å². The summed E-state index contributed by atoms with van der Waals surface area (Å²) in [5.74, 6) is 0.466. The van der Waals surface area contributed by atoms with Crippen LogP contribution in [0.2, 0.25) is 0 Å². The first kappa shape index (κ1) is 16.4. The number of hydrogen-bond donors (Lipinski definition) is 1. The largest absolute Gasteiger partial charge is 0.347 e. The molecule has 1 aliphatic rings. The van der Waals surface area contributed by atoms with E-state index in [0.29, 0.717) is 18.2 Å². The highest BCUT2D eigenvalue weighted by Gasteiger charge is 2.19. The van der Waals surface area contributed by atoms with Gasteiger partial charge < -0.3 is 15.1 Å². The first-order chi connectivity index (χ1) is 11.8. The number of benzene rings is 1. The van der Waals surface area contributed by atoms with Gasteiger partial charge in [-0.25, -0.2) is 9.97 Å². The molecular weight excluding hydrogens is 302 g/mol. The highest BCUT2D eigenvalue weighted by atomic mass is 16.1. The zero-order valence-electron chi connectivity index (χ0n) is 14.0. The van der Waals surface area contributed by atoms with Gasteiger partial charge in [-0.3, -0.25) is 4.79 Å². The van der Waals surface area contributed by atoms with E-state index < -0.39 is 0 Å². The third-order valence-corrected chi connectivity index (χ3v) is 4.27. The van der Waals surface area contributed by atoms with Crippen molar-refractivity contribution in [3.05, 3.63) is 53.9 Å². The maximum absolute atomic E-state index is 12.3. The molecule has 1 amide bonds. The minimum absolute atomic E-state index is 0.172. The fourth-order valence-electron chi connectivity index (χ4n) is 2.76. The standard InChI is InChI=1S/C18H23N5O/c1-2-22-10-12-23(13-11-22)18-19-9-8-16(21-18)17(24)20-14-15-6-4-3-5-7-15/h3-9H,2,10-14H2,1H3,(H,20,24). The second-order valence-corrected chi connectivity index (χ2v) is 5.83. The second kappa shape index (κ2) is 7.88. The van der Waals surface area contributed by atoms with Crippen molar-refractivity contribution in [2.45, 2.75) is 13.5 Å². The van der Waals surface area contributed by atoms with Crippen LogP contribution in [0.15, 0.2) is 42.6 Å². The number of amides is 1. The predicted octanol–water partition coefficient (Wildman–Crippen LogP) is 1.55. The normalized spacial score (nSPS) is 15.3. The lowest BCUT2D eigenvalue weighted by molar-refractivity contribution is 0.0945. The van der Waals surface area contributed by atoms with Crippen LogP contribution in [0.3, 0.4) is 0 Å². The van der Waals surface area contributed by atoms with Crippen LogP contribution >= 0.6 is 0 Å². The quantitative estimate of drug-likeness (QED) is 0.904. The van der Waals surface area contributed by atoms with E-state index in [1.165, 1.54) is 0 Å². The van der Waals surface area contributed by atoms with E-state index in [-0.39, 0.29) is 5.91 Å². The lowest BCUT2D eigenvalue weighted by Crippen LogP contribution is -2.46. The molecule has 1 N–H and O–H groups in total. The molecule has 1 saturated heterocycles. The van der Waals surface area contributed by atoms with Gasteiger partial charge in [-0.1, -0.05) is 37.3 Å². The van der Waals surface area contributed by atoms with Crippen molar-refractivity contribution in [3.8, 4) is 0 Å². The Kier molecular flexibility index (Phi) is 5.38. The molecule has 3 rings (SSSR count). The molecule has 2 heterocycles. The number of carbonyl (C=O) groups is 1. The molecule has 2 aromatic rings. The van der Waals surface area contributed by atoms with Crippen molar-refractivity contribution in [2.75, 3.05) is 37.6 Å². The molecule has 0 bridgehead atoms. The second-order valence-electron chi connectivity index (χ2n) is 5.83. The van der Waals surface area contributed by atoms with E-state index in [2.05, 4.69) is 32.0 Å². The summed E-state index contributed by atoms with van der Waals surface area (Å²) < 4.78 is 0. The van der Waals surface area contributed by atoms with Gasteiger partial charge in [-0.15, -0.1) is 0 Å². The van der Waals surface area contributed by atoms with Crippen molar-refractivity contribution in [1.82, 2.24) is 20.2 Å². The number of piperazine rings is 1. The molecular formula is C18H23N5O. The Morgan fingerprint density at radius 1 is 1.12 bits per heavy atom. The van der Waals surface area contributed by atoms with Gasteiger partial charge in [-0.2, -0.15) is 0 Å². The smallest absolute Gasteiger partial charge is 0.270 e. The maximum Gasteiger partial charge on any atom is 0.270 e. The summed E-state index contributed by atoms with van der Waals surface area (Å²) in [7, 11) is 0. The Morgan fingerprint density at radius 2 is 1.88 bits per heavy atom. The number of likely N-dealkylation sites (N-methyl/N-ethyl adjacent to an activating group) is 1. The van der Waals surface area contributed by atoms with Crippen LogP contribution in [0, 0.1) is 0 Å². The Hall–Kier alpha value is -2.47. The minimum Gasteiger partial charge on any atom is -0.347 e. The number of hydrogen-bond acceptors (Lipinski definition) is 5. The summed E-state index contributed by atoms with van der Waals surface area (Å²) in [5, 5.41) is 2.91. The number of rotatable bonds is 5. The molecule has 0 aliphatic carbocycles. The summed E-state index contributed by atoms with van der Waals surface area (Å²) in [6, 6.07) is 11.5. The zero-order chi connectivity index (χ0) is 16.8. The van der Waals surface area contributed by atoms with Crippen LogP contribution in [0.5, 0.6) is 0 Å². The van der Waals surface area contributed by atoms with E-state index in [9.17, 15) is 4.79 Å². The van der Waals surface area contributed by atoms with Gasteiger partial charge >= 0.3 is 0 Å². The molecule has 0 saturated carbocycles. The molecule has 0 unspecified atom stereocenters. The van der Waals surface area contributed by atoms with E-state index in [1.807, 2.05) is 30.3 Å². The molecule has 1 aromatic carbocycles. The van der Waals surface area contributed by atoms with Crippen LogP contribution in [0.25, 0.3) is 0 Å². The van der Waals surface area contributed by atoms with E-state index >= 15 is 0 Å². The van der Waals surface area contributed by atoms with Gasteiger partial charge in [0, 0.05) is 38.9 Å². The van der Waals surface area contributed by atoms with E-state index in [1.54, 1.807) is 12.3 Å². The number of anilines is 1. The lowest BCUT2D eigenvalue weighted by Gasteiger charge is -2.34. The molecule has 24 heavy (non-hydrogen) atoms. The van der Waals surface area contributed by atoms with E-state index in [4.69, 9.17) is 0 Å². The topological polar surface area (TPSA) is 61.4 Å². The number of aromatic nitrogens is 2. The molecule has 6 heteroatoms. The fraction of sp³-hybridized carbons (Fsp3) is 0.389. The van der Waals surface area contributed by atoms with Gasteiger partial charge in [0.05, 0.1) is 0 Å². The third-order valence-electron chi connectivity index (χ3n) is 4.27. The molecule has 126 valence electrons. The van der Waals surface area contributed by atoms with Crippen molar-refractivity contribution in [1.29, 1.82) is 0 Å². The Balaban J connectivity index is 1.61. The van der Waals surface area contributed by atoms with Crippen LogP contribution in [-0.4, -0.2) is 53.5 Å². The van der Waals surface area contributed by atoms with Crippen LogP contribution in [0.1, 0.15) is 23.0 Å². The number of carbonyl (C=O) groups excluding carboxylic acids is 1. The van der Waals surface area contributed by atoms with Gasteiger partial charge in [0.1, 0.15) is 5.69 Å². The molecule has 1 fully saturated rings. The first-order valence-corrected chi connectivity index (χ1v) is 8.38. The summed E-state index contributed by atoms with van der Waals surface area (Å²) in [6.07, 6.45) is 1.66. The highest BCUT2D eigenvalue weighted by Crippen LogP contribution is 2.11. The van der Waals surface area contributed by atoms with Crippen LogP contribution in [-0.2, 0) is 6.54 Å². The monoisotopic (exact) mass is 325 g/mol. The maximum atomic E-state index is 12.3. The number of nitrogens with one attached hydrogen (secondary N) is 1. The molecule has 6 nitrogen and oxygen atoms in total. The molecule has 0 radical (unpaired) electrons. The van der Waals surface area contributed by atoms with E-state index in [0.717, 1.165) is 38.3 Å². The van der Waals surface area contributed by atoms with Crippen molar-refractivity contribution in [2.24, 2.45) is 0 Å². The van der Waals surface area contributed by atoms with Gasteiger partial charge in [-0.05, 0) is 18.2 Å². The average molecular weight is 325 g/mol. The summed E-state index contributed by atoms with van der Waals surface area (Å²) >= 11 is 0. The minimum atomic E-state index is -0.172. The van der Waals surface area contributed by atoms with Gasteiger partial charge in [0.25, 0.3) is 5.91 Å². The Morgan fingerprint density at radius 3 is 2.58 bits per heavy atom. The first-order valence-electron chi connectivity index (χ1n) is 8.38. The summed E-state index contributed by atoms with van der Waals surface area (Å²) in [6.45, 7) is 7.52. The Labute approximate surface area is 142 Å². The number of nitrogens with zero attached hydrogens (tertiary/aromatic N) is 4. The summed E-state index contributed by atoms with van der Waals surface area (Å²) in [5.41, 5.74) is 1.48. The highest BCUT2D eigenvalue weighted by molar-refractivity contribution is 5.92. The summed E-state index contributed by atoms with van der Waals surface area (Å²) in [4.78, 5) is 25.6. The predicted molar refractivity (Wildman–Crippen MR) is 94.0 cm³/mol. The molecule has 1 aromatic heterocycles. The van der Waals surface area contributed by atoms with Crippen molar-refractivity contribution >= 4 is 11.9 Å².